The number of nitrogens with one attached hydrogen (secondary N) is 2. The van der Waals surface area contributed by atoms with Gasteiger partial charge in [0.1, 0.15) is 0 Å². The first-order valence-corrected chi connectivity index (χ1v) is 8.02. The SMILES string of the molecule is C[C@H](C(=O)Nc1cc(Cl)cc(Cl)c1)N(C)CC(=O)NC(C)(C)C. The molecule has 0 saturated carbocycles. The Morgan fingerprint density at radius 1 is 1.17 bits per heavy atom. The first-order valence-electron chi connectivity index (χ1n) is 7.26. The van der Waals surface area contributed by atoms with E-state index in [-0.39, 0.29) is 23.9 Å². The molecule has 0 aromatic heterocycles. The van der Waals surface area contributed by atoms with Crippen LogP contribution >= 0.6 is 23.2 Å². The minimum Gasteiger partial charge on any atom is -0.350 e. The summed E-state index contributed by atoms with van der Waals surface area (Å²) in [7, 11) is 1.72. The predicted molar refractivity (Wildman–Crippen MR) is 95.1 cm³/mol. The molecule has 2 N–H and O–H groups in total. The second kappa shape index (κ2) is 7.99. The minimum absolute atomic E-state index is 0.127. The van der Waals surface area contributed by atoms with Gasteiger partial charge >= 0.3 is 0 Å². The Bertz CT molecular complexity index is 565. The molecule has 1 rings (SSSR count). The molecule has 0 bridgehead atoms. The normalized spacial score (nSPS) is 12.9. The monoisotopic (exact) mass is 359 g/mol. The van der Waals surface area contributed by atoms with Gasteiger partial charge in [0.25, 0.3) is 0 Å². The Labute approximate surface area is 147 Å². The van der Waals surface area contributed by atoms with E-state index in [4.69, 9.17) is 23.2 Å². The molecule has 1 atom stereocenters. The standard InChI is InChI=1S/C16H23Cl2N3O2/c1-10(21(5)9-14(22)20-16(2,3)4)15(23)19-13-7-11(17)6-12(18)8-13/h6-8,10H,9H2,1-5H3,(H,19,23)(H,20,22)/t10-/m1/s1. The molecule has 2 amide bonds. The highest BCUT2D eigenvalue weighted by atomic mass is 35.5. The number of anilines is 1. The smallest absolute Gasteiger partial charge is 0.241 e. The molecular weight excluding hydrogens is 337 g/mol. The van der Waals surface area contributed by atoms with Gasteiger partial charge in [-0.25, -0.2) is 0 Å². The summed E-state index contributed by atoms with van der Waals surface area (Å²) in [5, 5.41) is 6.49. The van der Waals surface area contributed by atoms with Gasteiger partial charge in [-0.2, -0.15) is 0 Å². The highest BCUT2D eigenvalue weighted by Gasteiger charge is 2.22. The number of hydrogen-bond donors (Lipinski definition) is 2. The fourth-order valence-corrected chi connectivity index (χ4v) is 2.42. The third kappa shape index (κ3) is 7.20. The maximum absolute atomic E-state index is 12.3. The average molecular weight is 360 g/mol. The van der Waals surface area contributed by atoms with E-state index in [1.54, 1.807) is 37.1 Å². The van der Waals surface area contributed by atoms with Gasteiger partial charge < -0.3 is 10.6 Å². The van der Waals surface area contributed by atoms with Crippen LogP contribution in [0.3, 0.4) is 0 Å². The van der Waals surface area contributed by atoms with E-state index < -0.39 is 6.04 Å². The zero-order valence-corrected chi connectivity index (χ0v) is 15.5. The van der Waals surface area contributed by atoms with E-state index in [9.17, 15) is 9.59 Å². The van der Waals surface area contributed by atoms with E-state index >= 15 is 0 Å². The molecule has 0 saturated heterocycles. The lowest BCUT2D eigenvalue weighted by Crippen LogP contribution is -2.49. The fraction of sp³-hybridized carbons (Fsp3) is 0.500. The van der Waals surface area contributed by atoms with E-state index in [1.165, 1.54) is 0 Å². The highest BCUT2D eigenvalue weighted by molar-refractivity contribution is 6.35. The van der Waals surface area contributed by atoms with Crippen LogP contribution in [-0.4, -0.2) is 41.9 Å². The molecule has 5 nitrogen and oxygen atoms in total. The van der Waals surface area contributed by atoms with Crippen LogP contribution in [0.5, 0.6) is 0 Å². The second-order valence-corrected chi connectivity index (χ2v) is 7.41. The zero-order valence-electron chi connectivity index (χ0n) is 14.0. The molecule has 0 fully saturated rings. The van der Waals surface area contributed by atoms with E-state index in [0.29, 0.717) is 15.7 Å². The number of carbonyl (C=O) groups excluding carboxylic acids is 2. The predicted octanol–water partition coefficient (Wildman–Crippen LogP) is 3.17. The quantitative estimate of drug-likeness (QED) is 0.848. The highest BCUT2D eigenvalue weighted by Crippen LogP contribution is 2.22. The molecule has 0 aliphatic carbocycles. The summed E-state index contributed by atoms with van der Waals surface area (Å²) < 4.78 is 0. The number of amides is 2. The van der Waals surface area contributed by atoms with Crippen molar-refractivity contribution in [2.75, 3.05) is 18.9 Å². The van der Waals surface area contributed by atoms with Crippen LogP contribution in [0.2, 0.25) is 10.0 Å². The number of halogens is 2. The van der Waals surface area contributed by atoms with Crippen LogP contribution in [0.25, 0.3) is 0 Å². The molecule has 0 aliphatic heterocycles. The summed E-state index contributed by atoms with van der Waals surface area (Å²) in [5.41, 5.74) is 0.216. The van der Waals surface area contributed by atoms with E-state index in [1.807, 2.05) is 20.8 Å². The summed E-state index contributed by atoms with van der Waals surface area (Å²) in [6, 6.07) is 4.33. The van der Waals surface area contributed by atoms with Gasteiger partial charge in [0.2, 0.25) is 11.8 Å². The van der Waals surface area contributed by atoms with Crippen molar-refractivity contribution in [1.29, 1.82) is 0 Å². The molecule has 0 unspecified atom stereocenters. The average Bonchev–Trinajstić information content (AvgIpc) is 2.33. The number of likely N-dealkylation sites (N-methyl/N-ethyl adjacent to an activating group) is 1. The molecule has 7 heteroatoms. The van der Waals surface area contributed by atoms with Gasteiger partial charge in [0.15, 0.2) is 0 Å². The molecule has 128 valence electrons. The first kappa shape index (κ1) is 19.7. The molecule has 0 spiro atoms. The van der Waals surface area contributed by atoms with Gasteiger partial charge in [-0.3, -0.25) is 14.5 Å². The lowest BCUT2D eigenvalue weighted by molar-refractivity contribution is -0.125. The number of benzene rings is 1. The van der Waals surface area contributed by atoms with Gasteiger partial charge in [-0.05, 0) is 52.9 Å². The van der Waals surface area contributed by atoms with Gasteiger partial charge in [0, 0.05) is 21.3 Å². The fourth-order valence-electron chi connectivity index (χ4n) is 1.89. The lowest BCUT2D eigenvalue weighted by atomic mass is 10.1. The number of nitrogens with zero attached hydrogens (tertiary/aromatic N) is 1. The van der Waals surface area contributed by atoms with Crippen LogP contribution in [0, 0.1) is 0 Å². The Hall–Kier alpha value is -1.30. The van der Waals surface area contributed by atoms with Crippen LogP contribution in [0.1, 0.15) is 27.7 Å². The molecule has 23 heavy (non-hydrogen) atoms. The topological polar surface area (TPSA) is 61.4 Å². The van der Waals surface area contributed by atoms with Crippen molar-refractivity contribution in [2.24, 2.45) is 0 Å². The number of hydrogen-bond acceptors (Lipinski definition) is 3. The first-order chi connectivity index (χ1) is 10.5. The molecule has 1 aromatic carbocycles. The third-order valence-corrected chi connectivity index (χ3v) is 3.51. The van der Waals surface area contributed by atoms with Crippen molar-refractivity contribution in [3.63, 3.8) is 0 Å². The summed E-state index contributed by atoms with van der Waals surface area (Å²) in [5.74, 6) is -0.375. The van der Waals surface area contributed by atoms with Crippen LogP contribution in [-0.2, 0) is 9.59 Å². The Morgan fingerprint density at radius 3 is 2.17 bits per heavy atom. The molecule has 1 aromatic rings. The maximum Gasteiger partial charge on any atom is 0.241 e. The Kier molecular flexibility index (Phi) is 6.86. The largest absolute Gasteiger partial charge is 0.350 e. The Morgan fingerprint density at radius 2 is 1.70 bits per heavy atom. The summed E-state index contributed by atoms with van der Waals surface area (Å²) >= 11 is 11.8. The molecule has 0 aliphatic rings. The van der Waals surface area contributed by atoms with Crippen molar-refractivity contribution in [1.82, 2.24) is 10.2 Å². The van der Waals surface area contributed by atoms with Crippen LogP contribution in [0.15, 0.2) is 18.2 Å². The molecule has 0 heterocycles. The van der Waals surface area contributed by atoms with Crippen LogP contribution < -0.4 is 10.6 Å². The van der Waals surface area contributed by atoms with Crippen molar-refractivity contribution >= 4 is 40.7 Å². The van der Waals surface area contributed by atoms with Gasteiger partial charge in [0.05, 0.1) is 12.6 Å². The zero-order chi connectivity index (χ0) is 17.8. The number of rotatable bonds is 5. The minimum atomic E-state index is -0.488. The maximum atomic E-state index is 12.3. The third-order valence-electron chi connectivity index (χ3n) is 3.08. The summed E-state index contributed by atoms with van der Waals surface area (Å²) in [6.45, 7) is 7.58. The van der Waals surface area contributed by atoms with Gasteiger partial charge in [-0.15, -0.1) is 0 Å². The van der Waals surface area contributed by atoms with Crippen LogP contribution in [0.4, 0.5) is 5.69 Å². The second-order valence-electron chi connectivity index (χ2n) is 6.54. The van der Waals surface area contributed by atoms with Gasteiger partial charge in [-0.1, -0.05) is 23.2 Å². The lowest BCUT2D eigenvalue weighted by Gasteiger charge is -2.26. The summed E-state index contributed by atoms with van der Waals surface area (Å²) in [4.78, 5) is 25.9. The van der Waals surface area contributed by atoms with Crippen molar-refractivity contribution in [2.45, 2.75) is 39.3 Å². The van der Waals surface area contributed by atoms with Crippen molar-refractivity contribution in [3.05, 3.63) is 28.2 Å². The van der Waals surface area contributed by atoms with E-state index in [0.717, 1.165) is 0 Å². The Balaban J connectivity index is 2.63. The van der Waals surface area contributed by atoms with Crippen molar-refractivity contribution < 1.29 is 9.59 Å². The van der Waals surface area contributed by atoms with Crippen molar-refractivity contribution in [3.8, 4) is 0 Å². The molecule has 0 radical (unpaired) electrons. The number of carbonyl (C=O) groups is 2. The molecular formula is C16H23Cl2N3O2. The summed E-state index contributed by atoms with van der Waals surface area (Å²) in [6.07, 6.45) is 0. The van der Waals surface area contributed by atoms with E-state index in [2.05, 4.69) is 10.6 Å².